The third-order valence-electron chi connectivity index (χ3n) is 13.1. The van der Waals surface area contributed by atoms with E-state index in [2.05, 4.69) is 207 Å². The van der Waals surface area contributed by atoms with Crippen LogP contribution in [-0.2, 0) is 10.8 Å². The van der Waals surface area contributed by atoms with Gasteiger partial charge in [-0.05, 0) is 124 Å². The predicted octanol–water partition coefficient (Wildman–Crippen LogP) is 15.8. The molecule has 11 rings (SSSR count). The molecule has 0 radical (unpaired) electrons. The minimum absolute atomic E-state index is 0.107. The molecule has 1 aliphatic carbocycles. The second kappa shape index (κ2) is 13.4. The first kappa shape index (κ1) is 35.3. The van der Waals surface area contributed by atoms with Gasteiger partial charge in [0.15, 0.2) is 0 Å². The van der Waals surface area contributed by atoms with E-state index in [9.17, 15) is 0 Å². The van der Waals surface area contributed by atoms with Gasteiger partial charge in [0.1, 0.15) is 11.2 Å². The van der Waals surface area contributed by atoms with E-state index in [-0.39, 0.29) is 10.8 Å². The average Bonchev–Trinajstić information content (AvgIpc) is 3.82. The molecular formula is C56H46N2O. The minimum atomic E-state index is 0.107. The number of hydrogen-bond donors (Lipinski definition) is 0. The number of furan rings is 1. The van der Waals surface area contributed by atoms with Crippen molar-refractivity contribution in [3.63, 3.8) is 0 Å². The summed E-state index contributed by atoms with van der Waals surface area (Å²) in [6, 6.07) is 66.4. The molecule has 0 spiro atoms. The fourth-order valence-corrected chi connectivity index (χ4v) is 9.78. The van der Waals surface area contributed by atoms with E-state index in [1.54, 1.807) is 0 Å². The lowest BCUT2D eigenvalue weighted by molar-refractivity contribution is 0.332. The maximum atomic E-state index is 6.27. The van der Waals surface area contributed by atoms with Crippen LogP contribution in [0.5, 0.6) is 0 Å². The number of para-hydroxylation sites is 2. The van der Waals surface area contributed by atoms with Crippen molar-refractivity contribution in [2.75, 3.05) is 4.90 Å². The molecule has 0 saturated heterocycles. The Bertz CT molecular complexity index is 3200. The Hall–Kier alpha value is -6.84. The van der Waals surface area contributed by atoms with Gasteiger partial charge >= 0.3 is 0 Å². The van der Waals surface area contributed by atoms with E-state index < -0.39 is 0 Å². The number of nitrogens with zero attached hydrogens (tertiary/aromatic N) is 2. The summed E-state index contributed by atoms with van der Waals surface area (Å²) in [5.41, 5.74) is 16.6. The van der Waals surface area contributed by atoms with E-state index >= 15 is 0 Å². The summed E-state index contributed by atoms with van der Waals surface area (Å²) >= 11 is 0. The van der Waals surface area contributed by atoms with Crippen LogP contribution >= 0.6 is 0 Å². The number of hydrogen-bond acceptors (Lipinski definition) is 2. The molecule has 0 saturated carbocycles. The van der Waals surface area contributed by atoms with Crippen LogP contribution in [-0.4, -0.2) is 4.57 Å². The van der Waals surface area contributed by atoms with Gasteiger partial charge < -0.3 is 13.9 Å². The summed E-state index contributed by atoms with van der Waals surface area (Å²) in [6.45, 7) is 9.64. The Balaban J connectivity index is 1.09. The lowest BCUT2D eigenvalue weighted by Crippen LogP contribution is -2.33. The Kier molecular flexibility index (Phi) is 8.00. The minimum Gasteiger partial charge on any atom is -0.456 e. The van der Waals surface area contributed by atoms with Gasteiger partial charge in [0.25, 0.3) is 0 Å². The largest absolute Gasteiger partial charge is 0.456 e. The SMILES string of the molecule is CC1(C)CCC(C)(C)c2cc(-n3c4ccccc4c4ccc(N(c5ccc(-c6ccccc6)cc5)c5ccc(-c6cccc7oc8ccccc8c67)cc5)cc43)ccc21. The molecule has 59 heavy (non-hydrogen) atoms. The average molecular weight is 763 g/mol. The van der Waals surface area contributed by atoms with Crippen molar-refractivity contribution in [3.8, 4) is 27.9 Å². The maximum Gasteiger partial charge on any atom is 0.136 e. The Morgan fingerprint density at radius 2 is 1.03 bits per heavy atom. The van der Waals surface area contributed by atoms with Crippen molar-refractivity contribution in [2.45, 2.75) is 51.4 Å². The van der Waals surface area contributed by atoms with E-state index in [0.29, 0.717) is 0 Å². The Labute approximate surface area is 345 Å². The monoisotopic (exact) mass is 762 g/mol. The van der Waals surface area contributed by atoms with Gasteiger partial charge in [-0.25, -0.2) is 0 Å². The molecule has 286 valence electrons. The van der Waals surface area contributed by atoms with Crippen LogP contribution in [0.15, 0.2) is 186 Å². The first-order valence-electron chi connectivity index (χ1n) is 20.9. The van der Waals surface area contributed by atoms with Crippen LogP contribution in [0.25, 0.3) is 71.7 Å². The molecule has 2 aromatic heterocycles. The van der Waals surface area contributed by atoms with Crippen LogP contribution < -0.4 is 4.90 Å². The molecule has 1 aliphatic rings. The molecule has 3 nitrogen and oxygen atoms in total. The van der Waals surface area contributed by atoms with Gasteiger partial charge in [-0.15, -0.1) is 0 Å². The third kappa shape index (κ3) is 5.79. The number of anilines is 3. The van der Waals surface area contributed by atoms with Gasteiger partial charge in [0.05, 0.1) is 11.0 Å². The predicted molar refractivity (Wildman–Crippen MR) is 249 cm³/mol. The Morgan fingerprint density at radius 3 is 1.80 bits per heavy atom. The van der Waals surface area contributed by atoms with Crippen molar-refractivity contribution in [3.05, 3.63) is 193 Å². The number of rotatable bonds is 6. The van der Waals surface area contributed by atoms with E-state index in [4.69, 9.17) is 4.42 Å². The van der Waals surface area contributed by atoms with Gasteiger partial charge in [-0.3, -0.25) is 0 Å². The summed E-state index contributed by atoms with van der Waals surface area (Å²) in [7, 11) is 0. The molecule has 0 bridgehead atoms. The smallest absolute Gasteiger partial charge is 0.136 e. The standard InChI is InChI=1S/C56H46N2O/c1-55(2)33-34-56(3,4)49-35-42(30-32-48(49)55)58-50-18-10-8-15-45(50)46-31-29-43(36-51(46)58)57(40-25-21-38(22-26-40)37-13-6-5-7-14-37)41-27-23-39(24-28-41)44-17-12-20-53-54(44)47-16-9-11-19-52(47)59-53/h5-32,35-36H,33-34H2,1-4H3. The van der Waals surface area contributed by atoms with Crippen LogP contribution in [0.1, 0.15) is 51.7 Å². The number of benzene rings is 8. The molecule has 2 heterocycles. The molecular weight excluding hydrogens is 717 g/mol. The summed E-state index contributed by atoms with van der Waals surface area (Å²) in [5, 5.41) is 4.79. The highest BCUT2D eigenvalue weighted by atomic mass is 16.3. The van der Waals surface area contributed by atoms with E-state index in [1.165, 1.54) is 68.2 Å². The van der Waals surface area contributed by atoms with Gasteiger partial charge in [-0.1, -0.05) is 143 Å². The first-order chi connectivity index (χ1) is 28.7. The highest BCUT2D eigenvalue weighted by Gasteiger charge is 2.37. The summed E-state index contributed by atoms with van der Waals surface area (Å²) in [5.74, 6) is 0. The number of aromatic nitrogens is 1. The normalized spacial score (nSPS) is 14.6. The second-order valence-corrected chi connectivity index (χ2v) is 17.6. The second-order valence-electron chi connectivity index (χ2n) is 17.6. The maximum absolute atomic E-state index is 6.27. The fraction of sp³-hybridized carbons (Fsp3) is 0.143. The molecule has 8 aromatic carbocycles. The molecule has 0 aliphatic heterocycles. The molecule has 3 heteroatoms. The van der Waals surface area contributed by atoms with Crippen LogP contribution in [0.3, 0.4) is 0 Å². The molecule has 0 unspecified atom stereocenters. The van der Waals surface area contributed by atoms with Crippen molar-refractivity contribution >= 4 is 60.8 Å². The van der Waals surface area contributed by atoms with Crippen LogP contribution in [0.2, 0.25) is 0 Å². The van der Waals surface area contributed by atoms with E-state index in [0.717, 1.165) is 44.6 Å². The zero-order valence-electron chi connectivity index (χ0n) is 34.0. The summed E-state index contributed by atoms with van der Waals surface area (Å²) in [6.07, 6.45) is 2.38. The molecule has 10 aromatic rings. The lowest BCUT2D eigenvalue weighted by Gasteiger charge is -2.42. The molecule has 0 N–H and O–H groups in total. The highest BCUT2D eigenvalue weighted by molar-refractivity contribution is 6.13. The van der Waals surface area contributed by atoms with Gasteiger partial charge in [0, 0.05) is 44.3 Å². The third-order valence-corrected chi connectivity index (χ3v) is 13.1. The lowest BCUT2D eigenvalue weighted by atomic mass is 9.63. The highest BCUT2D eigenvalue weighted by Crippen LogP contribution is 2.48. The van der Waals surface area contributed by atoms with Crippen LogP contribution in [0.4, 0.5) is 17.1 Å². The summed E-state index contributed by atoms with van der Waals surface area (Å²) in [4.78, 5) is 2.40. The quantitative estimate of drug-likeness (QED) is 0.168. The van der Waals surface area contributed by atoms with E-state index in [1.807, 2.05) is 12.1 Å². The topological polar surface area (TPSA) is 21.3 Å². The van der Waals surface area contributed by atoms with Crippen LogP contribution in [0, 0.1) is 0 Å². The first-order valence-corrected chi connectivity index (χ1v) is 20.9. The van der Waals surface area contributed by atoms with Crippen molar-refractivity contribution in [1.82, 2.24) is 4.57 Å². The number of fused-ring (bicyclic) bond motifs is 7. The zero-order valence-corrected chi connectivity index (χ0v) is 34.0. The van der Waals surface area contributed by atoms with Gasteiger partial charge in [-0.2, -0.15) is 0 Å². The van der Waals surface area contributed by atoms with Gasteiger partial charge in [0.2, 0.25) is 0 Å². The Morgan fingerprint density at radius 1 is 0.441 bits per heavy atom. The fourth-order valence-electron chi connectivity index (χ4n) is 9.78. The van der Waals surface area contributed by atoms with Crippen molar-refractivity contribution in [1.29, 1.82) is 0 Å². The van der Waals surface area contributed by atoms with Crippen molar-refractivity contribution in [2.24, 2.45) is 0 Å². The molecule has 0 fully saturated rings. The summed E-state index contributed by atoms with van der Waals surface area (Å²) < 4.78 is 8.76. The molecule has 0 atom stereocenters. The van der Waals surface area contributed by atoms with Crippen molar-refractivity contribution < 1.29 is 4.42 Å². The zero-order chi connectivity index (χ0) is 39.9. The molecule has 0 amide bonds.